The number of benzene rings is 1. The van der Waals surface area contributed by atoms with Crippen LogP contribution in [-0.2, 0) is 6.54 Å². The SMILES string of the molecule is O=[N+]([O-])c1ccc(Cn2cnc3ncnc(Cl)c32)cc1. The molecule has 0 saturated carbocycles. The Morgan fingerprint density at radius 1 is 1.20 bits per heavy atom. The molecule has 3 rings (SSSR count). The fourth-order valence-electron chi connectivity index (χ4n) is 1.91. The molecular formula is C12H8ClN5O2. The van der Waals surface area contributed by atoms with Crippen LogP contribution in [0.15, 0.2) is 36.9 Å². The fourth-order valence-corrected chi connectivity index (χ4v) is 2.15. The number of rotatable bonds is 3. The highest BCUT2D eigenvalue weighted by Gasteiger charge is 2.10. The van der Waals surface area contributed by atoms with Gasteiger partial charge in [-0.3, -0.25) is 10.1 Å². The largest absolute Gasteiger partial charge is 0.322 e. The lowest BCUT2D eigenvalue weighted by molar-refractivity contribution is -0.384. The molecule has 0 amide bonds. The Hall–Kier alpha value is -2.54. The van der Waals surface area contributed by atoms with Gasteiger partial charge in [0.15, 0.2) is 10.8 Å². The summed E-state index contributed by atoms with van der Waals surface area (Å²) in [5, 5.41) is 10.9. The van der Waals surface area contributed by atoms with Crippen molar-refractivity contribution in [2.24, 2.45) is 0 Å². The Balaban J connectivity index is 1.95. The molecule has 0 spiro atoms. The van der Waals surface area contributed by atoms with Crippen molar-refractivity contribution in [3.8, 4) is 0 Å². The summed E-state index contributed by atoms with van der Waals surface area (Å²) in [7, 11) is 0. The van der Waals surface area contributed by atoms with Gasteiger partial charge in [-0.25, -0.2) is 15.0 Å². The summed E-state index contributed by atoms with van der Waals surface area (Å²) in [5.74, 6) is 0. The summed E-state index contributed by atoms with van der Waals surface area (Å²) in [6.07, 6.45) is 2.97. The van der Waals surface area contributed by atoms with Gasteiger partial charge in [-0.1, -0.05) is 23.7 Å². The Kier molecular flexibility index (Phi) is 3.03. The number of imidazole rings is 1. The van der Waals surface area contributed by atoms with Crippen molar-refractivity contribution >= 4 is 28.5 Å². The van der Waals surface area contributed by atoms with E-state index in [1.54, 1.807) is 23.0 Å². The van der Waals surface area contributed by atoms with E-state index in [9.17, 15) is 10.1 Å². The minimum Gasteiger partial charge on any atom is -0.322 e. The third kappa shape index (κ3) is 2.19. The van der Waals surface area contributed by atoms with Crippen molar-refractivity contribution in [1.82, 2.24) is 19.5 Å². The van der Waals surface area contributed by atoms with Crippen LogP contribution in [0.25, 0.3) is 11.2 Å². The zero-order valence-corrected chi connectivity index (χ0v) is 10.9. The molecule has 0 radical (unpaired) electrons. The van der Waals surface area contributed by atoms with Crippen LogP contribution in [0.1, 0.15) is 5.56 Å². The van der Waals surface area contributed by atoms with Crippen molar-refractivity contribution in [3.05, 3.63) is 57.8 Å². The van der Waals surface area contributed by atoms with Crippen LogP contribution in [0.4, 0.5) is 5.69 Å². The third-order valence-electron chi connectivity index (χ3n) is 2.87. The molecule has 8 heteroatoms. The monoisotopic (exact) mass is 289 g/mol. The van der Waals surface area contributed by atoms with Gasteiger partial charge in [-0.15, -0.1) is 0 Å². The van der Waals surface area contributed by atoms with Gasteiger partial charge >= 0.3 is 0 Å². The van der Waals surface area contributed by atoms with E-state index in [1.165, 1.54) is 18.5 Å². The Morgan fingerprint density at radius 2 is 1.95 bits per heavy atom. The van der Waals surface area contributed by atoms with Crippen molar-refractivity contribution in [2.75, 3.05) is 0 Å². The molecule has 0 unspecified atom stereocenters. The van der Waals surface area contributed by atoms with Crippen LogP contribution in [0.3, 0.4) is 0 Å². The minimum absolute atomic E-state index is 0.0607. The van der Waals surface area contributed by atoms with Crippen molar-refractivity contribution in [2.45, 2.75) is 6.54 Å². The minimum atomic E-state index is -0.429. The normalized spacial score (nSPS) is 10.8. The quantitative estimate of drug-likeness (QED) is 0.420. The predicted molar refractivity (Wildman–Crippen MR) is 72.5 cm³/mol. The molecule has 100 valence electrons. The summed E-state index contributed by atoms with van der Waals surface area (Å²) < 4.78 is 1.80. The van der Waals surface area contributed by atoms with Crippen LogP contribution in [0.5, 0.6) is 0 Å². The maximum atomic E-state index is 10.6. The molecule has 20 heavy (non-hydrogen) atoms. The topological polar surface area (TPSA) is 86.7 Å². The lowest BCUT2D eigenvalue weighted by Crippen LogP contribution is -1.99. The second-order valence-corrected chi connectivity index (χ2v) is 4.49. The van der Waals surface area contributed by atoms with Gasteiger partial charge in [0.25, 0.3) is 5.69 Å². The number of nitro groups is 1. The van der Waals surface area contributed by atoms with Crippen LogP contribution >= 0.6 is 11.6 Å². The predicted octanol–water partition coefficient (Wildman–Crippen LogP) is 2.44. The van der Waals surface area contributed by atoms with E-state index in [0.29, 0.717) is 22.9 Å². The van der Waals surface area contributed by atoms with E-state index in [2.05, 4.69) is 15.0 Å². The van der Waals surface area contributed by atoms with Crippen molar-refractivity contribution in [1.29, 1.82) is 0 Å². The molecule has 0 bridgehead atoms. The number of nitro benzene ring substituents is 1. The zero-order chi connectivity index (χ0) is 14.1. The molecule has 0 aliphatic rings. The first kappa shape index (κ1) is 12.5. The first-order valence-corrected chi connectivity index (χ1v) is 6.07. The fraction of sp³-hybridized carbons (Fsp3) is 0.0833. The number of fused-ring (bicyclic) bond motifs is 1. The summed E-state index contributed by atoms with van der Waals surface area (Å²) in [5.41, 5.74) is 2.12. The van der Waals surface area contributed by atoms with Crippen LogP contribution in [0.2, 0.25) is 5.15 Å². The number of hydrogen-bond donors (Lipinski definition) is 0. The highest BCUT2D eigenvalue weighted by Crippen LogP contribution is 2.20. The highest BCUT2D eigenvalue weighted by molar-refractivity contribution is 6.33. The molecule has 7 nitrogen and oxygen atoms in total. The first-order valence-electron chi connectivity index (χ1n) is 5.70. The second-order valence-electron chi connectivity index (χ2n) is 4.13. The number of nitrogens with zero attached hydrogens (tertiary/aromatic N) is 5. The van der Waals surface area contributed by atoms with Crippen LogP contribution < -0.4 is 0 Å². The van der Waals surface area contributed by atoms with E-state index in [0.717, 1.165) is 5.56 Å². The number of non-ortho nitro benzene ring substituents is 1. The standard InChI is InChI=1S/C12H8ClN5O2/c13-11-10-12(15-6-14-11)16-7-17(10)5-8-1-3-9(4-2-8)18(19)20/h1-4,6-7H,5H2. The summed E-state index contributed by atoms with van der Waals surface area (Å²) >= 11 is 6.04. The van der Waals surface area contributed by atoms with E-state index in [4.69, 9.17) is 11.6 Å². The molecule has 0 fully saturated rings. The number of aromatic nitrogens is 4. The van der Waals surface area contributed by atoms with Gasteiger partial charge in [-0.2, -0.15) is 0 Å². The molecule has 1 aromatic carbocycles. The van der Waals surface area contributed by atoms with Gasteiger partial charge in [0.05, 0.1) is 11.3 Å². The van der Waals surface area contributed by atoms with Gasteiger partial charge < -0.3 is 4.57 Å². The average molecular weight is 290 g/mol. The Morgan fingerprint density at radius 3 is 2.65 bits per heavy atom. The summed E-state index contributed by atoms with van der Waals surface area (Å²) in [6.45, 7) is 0.488. The van der Waals surface area contributed by atoms with E-state index in [-0.39, 0.29) is 5.69 Å². The highest BCUT2D eigenvalue weighted by atomic mass is 35.5. The number of halogens is 1. The van der Waals surface area contributed by atoms with Crippen LogP contribution in [-0.4, -0.2) is 24.4 Å². The zero-order valence-electron chi connectivity index (χ0n) is 10.1. The van der Waals surface area contributed by atoms with Gasteiger partial charge in [-0.05, 0) is 5.56 Å². The Labute approximate surface area is 118 Å². The van der Waals surface area contributed by atoms with Crippen molar-refractivity contribution in [3.63, 3.8) is 0 Å². The maximum Gasteiger partial charge on any atom is 0.269 e. The summed E-state index contributed by atoms with van der Waals surface area (Å²) in [6, 6.07) is 6.32. The molecule has 3 aromatic rings. The van der Waals surface area contributed by atoms with E-state index < -0.39 is 4.92 Å². The smallest absolute Gasteiger partial charge is 0.269 e. The first-order chi connectivity index (χ1) is 9.65. The van der Waals surface area contributed by atoms with Gasteiger partial charge in [0.1, 0.15) is 11.8 Å². The van der Waals surface area contributed by atoms with Crippen molar-refractivity contribution < 1.29 is 4.92 Å². The molecule has 0 aliphatic heterocycles. The lowest BCUT2D eigenvalue weighted by Gasteiger charge is -2.04. The molecule has 2 heterocycles. The van der Waals surface area contributed by atoms with E-state index in [1.807, 2.05) is 0 Å². The number of hydrogen-bond acceptors (Lipinski definition) is 5. The molecular weight excluding hydrogens is 282 g/mol. The summed E-state index contributed by atoms with van der Waals surface area (Å²) in [4.78, 5) is 22.3. The molecule has 0 aliphatic carbocycles. The van der Waals surface area contributed by atoms with Gasteiger partial charge in [0.2, 0.25) is 0 Å². The molecule has 0 atom stereocenters. The maximum absolute atomic E-state index is 10.6. The van der Waals surface area contributed by atoms with Crippen LogP contribution in [0, 0.1) is 10.1 Å². The van der Waals surface area contributed by atoms with Gasteiger partial charge in [0, 0.05) is 18.7 Å². The molecule has 2 aromatic heterocycles. The molecule has 0 N–H and O–H groups in total. The average Bonchev–Trinajstić information content (AvgIpc) is 2.84. The van der Waals surface area contributed by atoms with E-state index >= 15 is 0 Å². The third-order valence-corrected chi connectivity index (χ3v) is 3.14. The Bertz CT molecular complexity index is 784. The second kappa shape index (κ2) is 4.86. The molecule has 0 saturated heterocycles. The lowest BCUT2D eigenvalue weighted by atomic mass is 10.2.